The van der Waals surface area contributed by atoms with Crippen LogP contribution in [0.25, 0.3) is 0 Å². The number of thioether (sulfide) groups is 1. The SMILES string of the molecule is CCCC[P+](CCCC)(CCCC)Cc1ccc(C(=O)Sc2ccc(OC(=O)C(C)(C)CC)cc2)cc1.[Cl-]. The highest BCUT2D eigenvalue weighted by Crippen LogP contribution is 2.63. The van der Waals surface area contributed by atoms with Crippen molar-refractivity contribution in [3.05, 3.63) is 59.7 Å². The van der Waals surface area contributed by atoms with Crippen LogP contribution < -0.4 is 17.1 Å². The third-order valence-electron chi connectivity index (χ3n) is 7.35. The van der Waals surface area contributed by atoms with Gasteiger partial charge in [-0.1, -0.05) is 71.2 Å². The van der Waals surface area contributed by atoms with Gasteiger partial charge >= 0.3 is 5.97 Å². The molecule has 0 aliphatic rings. The molecular formula is C32H48ClO3PS. The fourth-order valence-corrected chi connectivity index (χ4v) is 10.1. The summed E-state index contributed by atoms with van der Waals surface area (Å²) < 4.78 is 5.51. The van der Waals surface area contributed by atoms with Gasteiger partial charge in [0.15, 0.2) is 0 Å². The quantitative estimate of drug-likeness (QED) is 0.0942. The van der Waals surface area contributed by atoms with Gasteiger partial charge in [0.25, 0.3) is 0 Å². The maximum atomic E-state index is 13.0. The fraction of sp³-hybridized carbons (Fsp3) is 0.562. The maximum absolute atomic E-state index is 13.0. The standard InChI is InChI=1S/C32H48O3PS.ClH/c1-7-11-22-36(23-12-8-2,24-13-9-3)25-26-14-16-27(17-15-26)30(33)37-29-20-18-28(19-21-29)35-31(34)32(5,6)10-4;/h14-21H,7-13,22-25H2,1-6H3;1H/q+1;/p-1. The van der Waals surface area contributed by atoms with Crippen LogP contribution in [-0.2, 0) is 11.0 Å². The van der Waals surface area contributed by atoms with Gasteiger partial charge in [-0.05, 0) is 81.1 Å². The molecule has 0 N–H and O–H groups in total. The molecule has 212 valence electrons. The number of halogens is 1. The summed E-state index contributed by atoms with van der Waals surface area (Å²) in [5.74, 6) is 0.269. The van der Waals surface area contributed by atoms with Crippen LogP contribution in [0.5, 0.6) is 5.75 Å². The lowest BCUT2D eigenvalue weighted by Gasteiger charge is -2.28. The molecule has 0 unspecified atom stereocenters. The minimum absolute atomic E-state index is 0. The Morgan fingerprint density at radius 3 is 1.74 bits per heavy atom. The molecule has 0 atom stereocenters. The Bertz CT molecular complexity index is 951. The molecule has 0 aromatic heterocycles. The van der Waals surface area contributed by atoms with E-state index in [0.717, 1.165) is 10.5 Å². The first-order valence-electron chi connectivity index (χ1n) is 14.2. The van der Waals surface area contributed by atoms with Gasteiger partial charge in [-0.2, -0.15) is 0 Å². The summed E-state index contributed by atoms with van der Waals surface area (Å²) in [6.45, 7) is 12.7. The van der Waals surface area contributed by atoms with Gasteiger partial charge in [0.1, 0.15) is 5.75 Å². The van der Waals surface area contributed by atoms with Crippen molar-refractivity contribution >= 4 is 30.1 Å². The van der Waals surface area contributed by atoms with Crippen molar-refractivity contribution in [1.82, 2.24) is 0 Å². The predicted molar refractivity (Wildman–Crippen MR) is 163 cm³/mol. The van der Waals surface area contributed by atoms with Crippen LogP contribution in [-0.4, -0.2) is 29.6 Å². The Morgan fingerprint density at radius 2 is 1.29 bits per heavy atom. The second-order valence-electron chi connectivity index (χ2n) is 10.9. The van der Waals surface area contributed by atoms with Crippen molar-refractivity contribution in [2.45, 2.75) is 97.5 Å². The van der Waals surface area contributed by atoms with Crippen molar-refractivity contribution in [2.24, 2.45) is 5.41 Å². The van der Waals surface area contributed by atoms with Gasteiger partial charge < -0.3 is 17.1 Å². The van der Waals surface area contributed by atoms with Crippen LogP contribution in [0.2, 0.25) is 0 Å². The minimum atomic E-state index is -1.02. The van der Waals surface area contributed by atoms with E-state index < -0.39 is 12.7 Å². The molecule has 0 aliphatic heterocycles. The number of rotatable bonds is 16. The molecule has 0 radical (unpaired) electrons. The molecule has 2 aromatic carbocycles. The van der Waals surface area contributed by atoms with E-state index in [1.54, 1.807) is 12.1 Å². The second kappa shape index (κ2) is 17.4. The van der Waals surface area contributed by atoms with Crippen LogP contribution in [0.4, 0.5) is 0 Å². The summed E-state index contributed by atoms with van der Waals surface area (Å²) in [5, 5.41) is 0.0346. The van der Waals surface area contributed by atoms with Crippen LogP contribution in [0.15, 0.2) is 53.4 Å². The van der Waals surface area contributed by atoms with Gasteiger partial charge in [-0.25, -0.2) is 0 Å². The average molecular weight is 579 g/mol. The highest BCUT2D eigenvalue weighted by Gasteiger charge is 2.35. The zero-order chi connectivity index (χ0) is 27.3. The van der Waals surface area contributed by atoms with Crippen LogP contribution in [0, 0.1) is 5.41 Å². The number of esters is 1. The lowest BCUT2D eigenvalue weighted by atomic mass is 9.91. The largest absolute Gasteiger partial charge is 1.00 e. The van der Waals surface area contributed by atoms with Gasteiger partial charge in [0.05, 0.1) is 30.1 Å². The van der Waals surface area contributed by atoms with E-state index in [0.29, 0.717) is 12.2 Å². The van der Waals surface area contributed by atoms with E-state index >= 15 is 0 Å². The normalized spacial score (nSPS) is 11.6. The Balaban J connectivity index is 0.00000722. The number of carbonyl (C=O) groups excluding carboxylic acids is 2. The highest BCUT2D eigenvalue weighted by atomic mass is 35.5. The zero-order valence-electron chi connectivity index (χ0n) is 24.4. The number of hydrogen-bond acceptors (Lipinski definition) is 4. The molecule has 0 aliphatic carbocycles. The molecule has 6 heteroatoms. The third-order valence-corrected chi connectivity index (χ3v) is 13.1. The summed E-state index contributed by atoms with van der Waals surface area (Å²) >= 11 is 1.21. The van der Waals surface area contributed by atoms with Crippen LogP contribution in [0.3, 0.4) is 0 Å². The first-order chi connectivity index (χ1) is 17.7. The first-order valence-corrected chi connectivity index (χ1v) is 17.5. The zero-order valence-corrected chi connectivity index (χ0v) is 26.8. The fourth-order valence-electron chi connectivity index (χ4n) is 4.32. The predicted octanol–water partition coefficient (Wildman–Crippen LogP) is 6.88. The molecule has 38 heavy (non-hydrogen) atoms. The van der Waals surface area contributed by atoms with Crippen molar-refractivity contribution in [2.75, 3.05) is 18.5 Å². The molecule has 0 amide bonds. The smallest absolute Gasteiger partial charge is 0.316 e. The number of ether oxygens (including phenoxy) is 1. The monoisotopic (exact) mass is 578 g/mol. The Hall–Kier alpha value is -1.35. The topological polar surface area (TPSA) is 43.4 Å². The summed E-state index contributed by atoms with van der Waals surface area (Å²) in [6, 6.07) is 15.6. The molecule has 0 heterocycles. The van der Waals surface area contributed by atoms with E-state index in [-0.39, 0.29) is 23.5 Å². The van der Waals surface area contributed by atoms with Crippen LogP contribution >= 0.6 is 19.0 Å². The molecule has 2 rings (SSSR count). The van der Waals surface area contributed by atoms with Crippen molar-refractivity contribution in [1.29, 1.82) is 0 Å². The lowest BCUT2D eigenvalue weighted by Crippen LogP contribution is -3.00. The molecule has 0 fully saturated rings. The number of carbonyl (C=O) groups is 2. The summed E-state index contributed by atoms with van der Waals surface area (Å²) in [4.78, 5) is 26.1. The van der Waals surface area contributed by atoms with E-state index in [2.05, 4.69) is 32.9 Å². The molecule has 3 nitrogen and oxygen atoms in total. The van der Waals surface area contributed by atoms with Crippen molar-refractivity contribution in [3.8, 4) is 5.75 Å². The van der Waals surface area contributed by atoms with Crippen LogP contribution in [0.1, 0.15) is 102 Å². The van der Waals surface area contributed by atoms with Gasteiger partial charge in [-0.15, -0.1) is 0 Å². The Kier molecular flexibility index (Phi) is 15.8. The molecule has 0 bridgehead atoms. The summed E-state index contributed by atoms with van der Waals surface area (Å²) in [7, 11) is -1.02. The third kappa shape index (κ3) is 11.0. The molecule has 0 saturated heterocycles. The van der Waals surface area contributed by atoms with E-state index in [4.69, 9.17) is 4.74 Å². The van der Waals surface area contributed by atoms with Gasteiger partial charge in [0.2, 0.25) is 5.12 Å². The van der Waals surface area contributed by atoms with Gasteiger partial charge in [0, 0.05) is 17.7 Å². The molecular weight excluding hydrogens is 531 g/mol. The minimum Gasteiger partial charge on any atom is -1.00 e. The first kappa shape index (κ1) is 34.7. The number of hydrogen-bond donors (Lipinski definition) is 0. The molecule has 0 spiro atoms. The van der Waals surface area contributed by atoms with E-state index in [1.165, 1.54) is 80.5 Å². The average Bonchev–Trinajstić information content (AvgIpc) is 2.90. The molecule has 2 aromatic rings. The van der Waals surface area contributed by atoms with Crippen molar-refractivity contribution in [3.63, 3.8) is 0 Å². The number of benzene rings is 2. The summed E-state index contributed by atoms with van der Waals surface area (Å²) in [5.41, 5.74) is 1.60. The maximum Gasteiger partial charge on any atom is 0.316 e. The summed E-state index contributed by atoms with van der Waals surface area (Å²) in [6.07, 6.45) is 14.0. The molecule has 0 saturated carbocycles. The van der Waals surface area contributed by atoms with Gasteiger partial charge in [-0.3, -0.25) is 9.59 Å². The van der Waals surface area contributed by atoms with E-state index in [1.807, 2.05) is 45.0 Å². The lowest BCUT2D eigenvalue weighted by molar-refractivity contribution is -0.144. The Labute approximate surface area is 243 Å². The highest BCUT2D eigenvalue weighted by molar-refractivity contribution is 8.14. The number of unbranched alkanes of at least 4 members (excludes halogenated alkanes) is 3. The second-order valence-corrected chi connectivity index (χ2v) is 16.3. The van der Waals surface area contributed by atoms with Crippen molar-refractivity contribution < 1.29 is 26.7 Å². The Morgan fingerprint density at radius 1 is 0.789 bits per heavy atom. The van der Waals surface area contributed by atoms with E-state index in [9.17, 15) is 9.59 Å².